The van der Waals surface area contributed by atoms with Crippen molar-refractivity contribution in [1.82, 2.24) is 26.6 Å². The van der Waals surface area contributed by atoms with Crippen LogP contribution in [0.25, 0.3) is 0 Å². The molecule has 2 aromatic heterocycles. The molecule has 1 aliphatic rings. The molecule has 0 saturated heterocycles. The van der Waals surface area contributed by atoms with Gasteiger partial charge in [0.2, 0.25) is 11.8 Å². The molecule has 14 heteroatoms. The third-order valence-electron chi connectivity index (χ3n) is 10.0. The molecule has 0 fully saturated rings. The molecule has 2 heterocycles. The number of unbranched alkanes of at least 4 members (excludes halogenated alkanes) is 1. The third kappa shape index (κ3) is 26.8. The molecule has 3 atom stereocenters. The van der Waals surface area contributed by atoms with E-state index in [1.165, 1.54) is 19.7 Å². The Bertz CT molecular complexity index is 1620. The van der Waals surface area contributed by atoms with Crippen molar-refractivity contribution in [3.05, 3.63) is 63.4 Å². The van der Waals surface area contributed by atoms with E-state index in [2.05, 4.69) is 78.1 Å². The molecule has 0 radical (unpaired) electrons. The molecule has 3 rings (SSSR count). The van der Waals surface area contributed by atoms with Crippen molar-refractivity contribution < 1.29 is 33.6 Å². The van der Waals surface area contributed by atoms with Gasteiger partial charge in [0.15, 0.2) is 0 Å². The van der Waals surface area contributed by atoms with Gasteiger partial charge in [-0.05, 0) is 19.3 Å². The summed E-state index contributed by atoms with van der Waals surface area (Å²) in [7, 11) is 0. The monoisotopic (exact) mass is 1070 g/mol. The number of allylic oxidation sites excluding steroid dienone is 4. The third-order valence-corrected chi connectivity index (χ3v) is 15.4. The molecular formula is C46H71N5O7Te2. The van der Waals surface area contributed by atoms with E-state index < -0.39 is 5.92 Å². The van der Waals surface area contributed by atoms with Crippen molar-refractivity contribution in [2.75, 3.05) is 32.7 Å². The van der Waals surface area contributed by atoms with E-state index in [0.29, 0.717) is 57.6 Å². The number of carbonyl (C=O) groups is 7. The maximum absolute atomic E-state index is 11.7. The average molecular weight is 1060 g/mol. The number of ketones is 2. The normalized spacial score (nSPS) is 12.9. The summed E-state index contributed by atoms with van der Waals surface area (Å²) in [6, 6.07) is 8.42. The Kier molecular flexibility index (Phi) is 31.3. The fourth-order valence-electron chi connectivity index (χ4n) is 5.95. The van der Waals surface area contributed by atoms with E-state index in [-0.39, 0.29) is 88.0 Å². The van der Waals surface area contributed by atoms with Crippen LogP contribution in [0.3, 0.4) is 0 Å². The average Bonchev–Trinajstić information content (AvgIpc) is 4.06. The molecule has 0 bridgehead atoms. The second-order valence-electron chi connectivity index (χ2n) is 14.8. The predicted molar refractivity (Wildman–Crippen MR) is 242 cm³/mol. The minimum absolute atomic E-state index is 0.00289. The van der Waals surface area contributed by atoms with E-state index >= 15 is 0 Å². The molecular weight excluding hydrogens is 990 g/mol. The van der Waals surface area contributed by atoms with Gasteiger partial charge in [-0.25, -0.2) is 0 Å². The fraction of sp³-hybridized carbons (Fsp3) is 0.587. The summed E-state index contributed by atoms with van der Waals surface area (Å²) in [6.07, 6.45) is 16.5. The Morgan fingerprint density at radius 2 is 1.13 bits per heavy atom. The Morgan fingerprint density at radius 3 is 1.57 bits per heavy atom. The zero-order valence-corrected chi connectivity index (χ0v) is 41.5. The van der Waals surface area contributed by atoms with Crippen LogP contribution in [-0.2, 0) is 46.4 Å². The quantitative estimate of drug-likeness (QED) is 0.0473. The van der Waals surface area contributed by atoms with Crippen molar-refractivity contribution in [1.29, 1.82) is 0 Å². The van der Waals surface area contributed by atoms with Crippen LogP contribution in [0.1, 0.15) is 119 Å². The molecule has 2 aromatic rings. The first-order valence-electron chi connectivity index (χ1n) is 21.6. The maximum atomic E-state index is 11.7. The first-order chi connectivity index (χ1) is 28.8. The number of nitrogens with one attached hydrogen (secondary N) is 5. The number of Topliss-reactive ketones (excluding diaryl/α,β-unsaturated/α-hetero) is 2. The molecule has 5 amide bonds. The van der Waals surface area contributed by atoms with Crippen LogP contribution < -0.4 is 26.6 Å². The van der Waals surface area contributed by atoms with Crippen molar-refractivity contribution in [3.8, 4) is 0 Å². The Balaban J connectivity index is 0.000000451. The van der Waals surface area contributed by atoms with Crippen molar-refractivity contribution in [3.63, 3.8) is 0 Å². The number of rotatable bonds is 27. The summed E-state index contributed by atoms with van der Waals surface area (Å²) in [6.45, 7) is 13.3. The molecule has 334 valence electrons. The van der Waals surface area contributed by atoms with Crippen LogP contribution in [0.2, 0.25) is 0 Å². The molecule has 12 nitrogen and oxygen atoms in total. The van der Waals surface area contributed by atoms with Gasteiger partial charge >= 0.3 is 267 Å². The van der Waals surface area contributed by atoms with Gasteiger partial charge in [-0.1, -0.05) is 37.6 Å². The molecule has 3 unspecified atom stereocenters. The zero-order valence-electron chi connectivity index (χ0n) is 36.8. The van der Waals surface area contributed by atoms with Gasteiger partial charge in [-0.15, -0.1) is 0 Å². The number of carbonyl (C=O) groups excluding carboxylic acids is 7. The SMILES string of the molecule is CCC(C(C)=O)C(=O)NCCNC(=O)CCc1ccc[te]1.CCC(C)C(=O)NCCNC(=O)CCC1=CC=CC1.CCC(CCCCNC(=O)CCc1ccc[te]1)C(C)=O. The molecule has 0 aliphatic heterocycles. The van der Waals surface area contributed by atoms with Gasteiger partial charge in [0.25, 0.3) is 0 Å². The predicted octanol–water partition coefficient (Wildman–Crippen LogP) is 5.03. The first kappa shape index (κ1) is 54.7. The Labute approximate surface area is 378 Å². The van der Waals surface area contributed by atoms with Crippen molar-refractivity contribution >= 4 is 82.0 Å². The Morgan fingerprint density at radius 1 is 0.617 bits per heavy atom. The second kappa shape index (κ2) is 34.3. The molecule has 1 aliphatic carbocycles. The Hall–Kier alpha value is -3.29. The molecule has 0 saturated carbocycles. The van der Waals surface area contributed by atoms with Crippen LogP contribution in [0, 0.1) is 17.8 Å². The van der Waals surface area contributed by atoms with Gasteiger partial charge in [-0.2, -0.15) is 0 Å². The molecule has 0 spiro atoms. The van der Waals surface area contributed by atoms with E-state index in [4.69, 9.17) is 0 Å². The summed E-state index contributed by atoms with van der Waals surface area (Å²) >= 11 is -0.244. The minimum atomic E-state index is -0.577. The molecule has 60 heavy (non-hydrogen) atoms. The summed E-state index contributed by atoms with van der Waals surface area (Å²) in [5.41, 5.74) is 1.31. The zero-order chi connectivity index (χ0) is 44.5. The van der Waals surface area contributed by atoms with Crippen LogP contribution >= 0.6 is 0 Å². The van der Waals surface area contributed by atoms with Crippen molar-refractivity contribution in [2.45, 2.75) is 125 Å². The van der Waals surface area contributed by atoms with E-state index in [1.807, 2.05) is 26.8 Å². The van der Waals surface area contributed by atoms with Gasteiger partial charge in [0.1, 0.15) is 0 Å². The first-order valence-corrected chi connectivity index (χ1v) is 26.6. The summed E-state index contributed by atoms with van der Waals surface area (Å²) < 4.78 is 7.32. The van der Waals surface area contributed by atoms with Gasteiger partial charge in [-0.3, -0.25) is 9.59 Å². The van der Waals surface area contributed by atoms with Gasteiger partial charge in [0.05, 0.1) is 0 Å². The van der Waals surface area contributed by atoms with E-state index in [1.54, 1.807) is 6.92 Å². The summed E-state index contributed by atoms with van der Waals surface area (Å²) in [4.78, 5) is 80.6. The van der Waals surface area contributed by atoms with E-state index in [0.717, 1.165) is 64.3 Å². The molecule has 5 N–H and O–H groups in total. The van der Waals surface area contributed by atoms with Crippen molar-refractivity contribution in [2.24, 2.45) is 17.8 Å². The van der Waals surface area contributed by atoms with E-state index in [9.17, 15) is 33.6 Å². The number of hydrogen-bond acceptors (Lipinski definition) is 7. The van der Waals surface area contributed by atoms with Crippen LogP contribution in [0.5, 0.6) is 0 Å². The number of aryl methyl sites for hydroxylation is 2. The fourth-order valence-corrected chi connectivity index (χ4v) is 10.0. The van der Waals surface area contributed by atoms with Crippen LogP contribution in [0.15, 0.2) is 56.2 Å². The van der Waals surface area contributed by atoms with Gasteiger partial charge in [0, 0.05) is 25.4 Å². The van der Waals surface area contributed by atoms with Crippen LogP contribution in [0.4, 0.5) is 0 Å². The summed E-state index contributed by atoms with van der Waals surface area (Å²) in [5, 5.41) is 14.1. The van der Waals surface area contributed by atoms with Crippen LogP contribution in [-0.4, -0.2) is 115 Å². The van der Waals surface area contributed by atoms with Gasteiger partial charge < -0.3 is 10.6 Å². The second-order valence-corrected chi connectivity index (χ2v) is 20.7. The molecule has 0 aromatic carbocycles. The number of hydrogen-bond donors (Lipinski definition) is 5. The topological polar surface area (TPSA) is 180 Å². The standard InChI is InChI=1S/C16H25NO2Te.C15H22N2O3Te.C15H24N2O2/c1-3-14(13(2)18)7-4-5-11-17-16(19)10-9-15-8-6-12-20-15;1-3-13(11(2)18)15(20)17-9-8-16-14(19)7-6-12-5-4-10-21-12;1-3-12(2)15(19)17-11-10-16-14(18)9-8-13-6-4-5-7-13/h6,8,12,14H,3-5,7,9-11H2,1-2H3,(H,17,19);4-5,10,13H,3,6-9H2,1-2H3,(H,16,19)(H,17,20);4-6,12H,3,7-11H2,1-2H3,(H,16,18)(H,17,19). The number of amides is 5. The summed E-state index contributed by atoms with van der Waals surface area (Å²) in [5.74, 6) is -0.161.